The summed E-state index contributed by atoms with van der Waals surface area (Å²) in [6.45, 7) is 6.38. The van der Waals surface area contributed by atoms with Crippen LogP contribution in [0.1, 0.15) is 27.2 Å². The average molecular weight is 149 g/mol. The van der Waals surface area contributed by atoms with Crippen molar-refractivity contribution in [3.63, 3.8) is 0 Å². The van der Waals surface area contributed by atoms with Gasteiger partial charge in [0.15, 0.2) is 0 Å². The molecule has 11 heavy (non-hydrogen) atoms. The second kappa shape index (κ2) is 3.51. The first-order valence-corrected chi connectivity index (χ1v) is 4.14. The molecule has 0 aromatic rings. The minimum absolute atomic E-state index is 0.343. The van der Waals surface area contributed by atoms with Crippen molar-refractivity contribution in [1.82, 2.24) is 0 Å². The van der Waals surface area contributed by atoms with Gasteiger partial charge in [-0.05, 0) is 25.8 Å². The van der Waals surface area contributed by atoms with E-state index in [0.717, 1.165) is 6.42 Å². The molecule has 0 saturated carbocycles. The number of aliphatic imine (C=N–C) groups is 1. The van der Waals surface area contributed by atoms with Gasteiger partial charge in [-0.15, -0.1) is 0 Å². The molecule has 60 valence electrons. The summed E-state index contributed by atoms with van der Waals surface area (Å²) in [5.74, 6) is 0. The van der Waals surface area contributed by atoms with E-state index in [2.05, 4.69) is 37.9 Å². The highest BCUT2D eigenvalue weighted by Gasteiger charge is 1.99. The molecule has 0 radical (unpaired) electrons. The van der Waals surface area contributed by atoms with Crippen molar-refractivity contribution in [1.29, 1.82) is 0 Å². The van der Waals surface area contributed by atoms with Crippen LogP contribution in [0.5, 0.6) is 0 Å². The Bertz CT molecular complexity index is 221. The zero-order valence-electron chi connectivity index (χ0n) is 7.46. The fraction of sp³-hybridized carbons (Fsp3) is 0.500. The lowest BCUT2D eigenvalue weighted by molar-refractivity contribution is 0.927. The fourth-order valence-corrected chi connectivity index (χ4v) is 1.21. The standard InChI is InChI=1S/C10H15N/c1-4-10-6-8(2)5-9(3)11-7-10/h5-7,9H,4H2,1-3H3. The Morgan fingerprint density at radius 1 is 1.55 bits per heavy atom. The molecule has 0 amide bonds. The molecular formula is C10H15N. The minimum Gasteiger partial charge on any atom is -0.286 e. The molecule has 0 spiro atoms. The van der Waals surface area contributed by atoms with Crippen LogP contribution in [-0.2, 0) is 0 Å². The molecule has 1 heterocycles. The summed E-state index contributed by atoms with van der Waals surface area (Å²) >= 11 is 0. The molecule has 1 rings (SSSR count). The smallest absolute Gasteiger partial charge is 0.0657 e. The van der Waals surface area contributed by atoms with Crippen LogP contribution in [0, 0.1) is 0 Å². The Balaban J connectivity index is 2.85. The summed E-state index contributed by atoms with van der Waals surface area (Å²) in [5.41, 5.74) is 2.65. The number of hydrogen-bond acceptors (Lipinski definition) is 1. The van der Waals surface area contributed by atoms with E-state index in [1.807, 2.05) is 6.21 Å². The number of nitrogens with zero attached hydrogens (tertiary/aromatic N) is 1. The number of hydrogen-bond donors (Lipinski definition) is 0. The summed E-state index contributed by atoms with van der Waals surface area (Å²) in [6.07, 6.45) is 7.44. The lowest BCUT2D eigenvalue weighted by Gasteiger charge is -1.94. The molecule has 1 unspecified atom stereocenters. The van der Waals surface area contributed by atoms with Gasteiger partial charge in [0.2, 0.25) is 0 Å². The maximum atomic E-state index is 4.36. The third kappa shape index (κ3) is 2.34. The molecule has 0 fully saturated rings. The average Bonchev–Trinajstić information content (AvgIpc) is 2.11. The van der Waals surface area contributed by atoms with Crippen molar-refractivity contribution >= 4 is 6.21 Å². The Hall–Kier alpha value is -0.850. The third-order valence-corrected chi connectivity index (χ3v) is 1.80. The fourth-order valence-electron chi connectivity index (χ4n) is 1.21. The molecule has 0 N–H and O–H groups in total. The Labute approximate surface area is 68.5 Å². The van der Waals surface area contributed by atoms with E-state index < -0.39 is 0 Å². The van der Waals surface area contributed by atoms with Gasteiger partial charge in [0.05, 0.1) is 6.04 Å². The van der Waals surface area contributed by atoms with Crippen molar-refractivity contribution in [2.24, 2.45) is 4.99 Å². The highest BCUT2D eigenvalue weighted by atomic mass is 14.7. The Morgan fingerprint density at radius 3 is 2.91 bits per heavy atom. The summed E-state index contributed by atoms with van der Waals surface area (Å²) in [6, 6.07) is 0.343. The van der Waals surface area contributed by atoms with Crippen LogP contribution in [0.25, 0.3) is 0 Å². The van der Waals surface area contributed by atoms with Gasteiger partial charge in [-0.1, -0.05) is 24.6 Å². The first-order valence-electron chi connectivity index (χ1n) is 4.14. The van der Waals surface area contributed by atoms with Gasteiger partial charge in [-0.3, -0.25) is 4.99 Å². The second-order valence-electron chi connectivity index (χ2n) is 3.00. The Morgan fingerprint density at radius 2 is 2.27 bits per heavy atom. The second-order valence-corrected chi connectivity index (χ2v) is 3.00. The quantitative estimate of drug-likeness (QED) is 0.543. The molecule has 0 aromatic carbocycles. The van der Waals surface area contributed by atoms with Gasteiger partial charge >= 0.3 is 0 Å². The molecule has 0 bridgehead atoms. The van der Waals surface area contributed by atoms with Crippen molar-refractivity contribution in [2.75, 3.05) is 0 Å². The van der Waals surface area contributed by atoms with Crippen LogP contribution in [-0.4, -0.2) is 12.3 Å². The molecular weight excluding hydrogens is 134 g/mol. The van der Waals surface area contributed by atoms with Crippen molar-refractivity contribution in [2.45, 2.75) is 33.2 Å². The first-order chi connectivity index (χ1) is 5.22. The summed E-state index contributed by atoms with van der Waals surface area (Å²) in [7, 11) is 0. The number of allylic oxidation sites excluding steroid dienone is 3. The molecule has 1 aliphatic rings. The van der Waals surface area contributed by atoms with Gasteiger partial charge in [0.1, 0.15) is 0 Å². The van der Waals surface area contributed by atoms with Crippen LogP contribution >= 0.6 is 0 Å². The SMILES string of the molecule is CCC1=CC(C)=CC(C)N=C1. The van der Waals surface area contributed by atoms with Gasteiger partial charge in [-0.2, -0.15) is 0 Å². The molecule has 0 saturated heterocycles. The summed E-state index contributed by atoms with van der Waals surface area (Å²) in [4.78, 5) is 4.36. The van der Waals surface area contributed by atoms with Gasteiger partial charge in [0, 0.05) is 6.21 Å². The third-order valence-electron chi connectivity index (χ3n) is 1.80. The van der Waals surface area contributed by atoms with E-state index in [-0.39, 0.29) is 0 Å². The highest BCUT2D eigenvalue weighted by molar-refractivity contribution is 5.80. The van der Waals surface area contributed by atoms with E-state index in [1.54, 1.807) is 0 Å². The monoisotopic (exact) mass is 149 g/mol. The van der Waals surface area contributed by atoms with E-state index in [9.17, 15) is 0 Å². The van der Waals surface area contributed by atoms with E-state index in [0.29, 0.717) is 6.04 Å². The first kappa shape index (κ1) is 8.25. The van der Waals surface area contributed by atoms with Gasteiger partial charge in [-0.25, -0.2) is 0 Å². The van der Waals surface area contributed by atoms with Crippen molar-refractivity contribution in [3.05, 3.63) is 23.3 Å². The lowest BCUT2D eigenvalue weighted by Crippen LogP contribution is -1.91. The molecule has 1 aliphatic heterocycles. The molecule has 0 aliphatic carbocycles. The van der Waals surface area contributed by atoms with Crippen LogP contribution < -0.4 is 0 Å². The van der Waals surface area contributed by atoms with Gasteiger partial charge < -0.3 is 0 Å². The largest absolute Gasteiger partial charge is 0.286 e. The predicted molar refractivity (Wildman–Crippen MR) is 50.1 cm³/mol. The van der Waals surface area contributed by atoms with Crippen molar-refractivity contribution < 1.29 is 0 Å². The van der Waals surface area contributed by atoms with E-state index >= 15 is 0 Å². The van der Waals surface area contributed by atoms with Gasteiger partial charge in [0.25, 0.3) is 0 Å². The Kier molecular flexibility index (Phi) is 2.64. The highest BCUT2D eigenvalue weighted by Crippen LogP contribution is 2.10. The zero-order valence-corrected chi connectivity index (χ0v) is 7.46. The van der Waals surface area contributed by atoms with E-state index in [4.69, 9.17) is 0 Å². The maximum absolute atomic E-state index is 4.36. The lowest BCUT2D eigenvalue weighted by atomic mass is 10.1. The normalized spacial score (nSPS) is 24.1. The molecule has 1 heteroatoms. The zero-order chi connectivity index (χ0) is 8.27. The minimum atomic E-state index is 0.343. The summed E-state index contributed by atoms with van der Waals surface area (Å²) < 4.78 is 0. The van der Waals surface area contributed by atoms with Crippen LogP contribution in [0.3, 0.4) is 0 Å². The topological polar surface area (TPSA) is 12.4 Å². The number of rotatable bonds is 1. The molecule has 0 aromatic heterocycles. The van der Waals surface area contributed by atoms with Crippen LogP contribution in [0.4, 0.5) is 0 Å². The molecule has 1 nitrogen and oxygen atoms in total. The summed E-state index contributed by atoms with van der Waals surface area (Å²) in [5, 5.41) is 0. The van der Waals surface area contributed by atoms with Crippen LogP contribution in [0.15, 0.2) is 28.3 Å². The molecule has 1 atom stereocenters. The van der Waals surface area contributed by atoms with Crippen LogP contribution in [0.2, 0.25) is 0 Å². The van der Waals surface area contributed by atoms with Crippen molar-refractivity contribution in [3.8, 4) is 0 Å². The maximum Gasteiger partial charge on any atom is 0.0657 e. The van der Waals surface area contributed by atoms with E-state index in [1.165, 1.54) is 11.1 Å². The predicted octanol–water partition coefficient (Wildman–Crippen LogP) is 2.74.